The predicted molar refractivity (Wildman–Crippen MR) is 77.6 cm³/mol. The van der Waals surface area contributed by atoms with Crippen molar-refractivity contribution >= 4 is 15.9 Å². The van der Waals surface area contributed by atoms with E-state index in [9.17, 15) is 13.9 Å². The number of aliphatic hydroxyl groups is 1. The Morgan fingerprint density at radius 2 is 2.05 bits per heavy atom. The van der Waals surface area contributed by atoms with Gasteiger partial charge in [0.25, 0.3) is 0 Å². The Labute approximate surface area is 129 Å². The van der Waals surface area contributed by atoms with E-state index in [0.717, 1.165) is 6.07 Å². The van der Waals surface area contributed by atoms with Gasteiger partial charge in [0, 0.05) is 13.0 Å². The number of aliphatic hydroxyl groups excluding tert-OH is 1. The van der Waals surface area contributed by atoms with Crippen molar-refractivity contribution in [1.29, 1.82) is 0 Å². The number of rotatable bonds is 5. The standard InChI is InChI=1S/C14H16BrF2N3O/c1-8(2)6-20-12(18-7-19-20)5-11(21)9-3-4-10(16)14(17)13(9)15/h3-4,7-8,11,21H,5-6H2,1-2H3. The number of aromatic nitrogens is 3. The van der Waals surface area contributed by atoms with Gasteiger partial charge in [-0.25, -0.2) is 18.4 Å². The first-order valence-corrected chi connectivity index (χ1v) is 7.37. The average Bonchev–Trinajstić information content (AvgIpc) is 2.82. The van der Waals surface area contributed by atoms with Gasteiger partial charge in [-0.15, -0.1) is 0 Å². The normalized spacial score (nSPS) is 12.9. The molecule has 1 atom stereocenters. The molecule has 0 saturated carbocycles. The molecule has 0 aliphatic heterocycles. The summed E-state index contributed by atoms with van der Waals surface area (Å²) in [5, 5.41) is 14.4. The van der Waals surface area contributed by atoms with Crippen molar-refractivity contribution in [3.05, 3.63) is 46.0 Å². The third kappa shape index (κ3) is 3.65. The van der Waals surface area contributed by atoms with Crippen LogP contribution in [0.15, 0.2) is 22.9 Å². The van der Waals surface area contributed by atoms with Crippen molar-refractivity contribution in [2.24, 2.45) is 5.92 Å². The summed E-state index contributed by atoms with van der Waals surface area (Å²) in [6.45, 7) is 4.78. The highest BCUT2D eigenvalue weighted by molar-refractivity contribution is 9.10. The van der Waals surface area contributed by atoms with E-state index in [1.807, 2.05) is 13.8 Å². The minimum Gasteiger partial charge on any atom is -0.388 e. The van der Waals surface area contributed by atoms with Gasteiger partial charge in [-0.05, 0) is 33.5 Å². The SMILES string of the molecule is CC(C)Cn1ncnc1CC(O)c1ccc(F)c(F)c1Br. The van der Waals surface area contributed by atoms with Crippen LogP contribution in [0.4, 0.5) is 8.78 Å². The zero-order valence-corrected chi connectivity index (χ0v) is 13.3. The molecule has 1 unspecified atom stereocenters. The molecule has 7 heteroatoms. The van der Waals surface area contributed by atoms with Crippen LogP contribution >= 0.6 is 15.9 Å². The van der Waals surface area contributed by atoms with Crippen LogP contribution in [0.3, 0.4) is 0 Å². The van der Waals surface area contributed by atoms with E-state index in [-0.39, 0.29) is 16.5 Å². The Kier molecular flexibility index (Phi) is 5.05. The number of benzene rings is 1. The van der Waals surface area contributed by atoms with Crippen molar-refractivity contribution in [3.63, 3.8) is 0 Å². The summed E-state index contributed by atoms with van der Waals surface area (Å²) in [5.41, 5.74) is 0.285. The quantitative estimate of drug-likeness (QED) is 0.833. The average molecular weight is 360 g/mol. The molecule has 21 heavy (non-hydrogen) atoms. The van der Waals surface area contributed by atoms with E-state index in [0.29, 0.717) is 18.3 Å². The van der Waals surface area contributed by atoms with Crippen LogP contribution in [-0.4, -0.2) is 19.9 Å². The Balaban J connectivity index is 2.21. The molecule has 2 rings (SSSR count). The molecular weight excluding hydrogens is 344 g/mol. The zero-order chi connectivity index (χ0) is 15.6. The Hall–Kier alpha value is -1.34. The van der Waals surface area contributed by atoms with E-state index in [2.05, 4.69) is 26.0 Å². The van der Waals surface area contributed by atoms with Gasteiger partial charge in [0.05, 0.1) is 10.6 Å². The zero-order valence-electron chi connectivity index (χ0n) is 11.7. The Morgan fingerprint density at radius 1 is 1.33 bits per heavy atom. The molecule has 1 aromatic heterocycles. The lowest BCUT2D eigenvalue weighted by Gasteiger charge is -2.14. The molecule has 0 amide bonds. The van der Waals surface area contributed by atoms with Gasteiger partial charge in [-0.2, -0.15) is 5.10 Å². The second-order valence-corrected chi connectivity index (χ2v) is 6.03. The summed E-state index contributed by atoms with van der Waals surface area (Å²) in [4.78, 5) is 4.11. The molecule has 0 bridgehead atoms. The number of hydrogen-bond acceptors (Lipinski definition) is 3. The molecule has 0 fully saturated rings. The molecule has 1 N–H and O–H groups in total. The van der Waals surface area contributed by atoms with Crippen LogP contribution in [0, 0.1) is 17.6 Å². The fourth-order valence-corrected chi connectivity index (χ4v) is 2.61. The van der Waals surface area contributed by atoms with Crippen molar-refractivity contribution < 1.29 is 13.9 Å². The third-order valence-corrected chi connectivity index (χ3v) is 3.84. The first kappa shape index (κ1) is 16.0. The van der Waals surface area contributed by atoms with E-state index >= 15 is 0 Å². The first-order chi connectivity index (χ1) is 9.90. The van der Waals surface area contributed by atoms with E-state index in [4.69, 9.17) is 0 Å². The second kappa shape index (κ2) is 6.62. The highest BCUT2D eigenvalue weighted by Gasteiger charge is 2.19. The first-order valence-electron chi connectivity index (χ1n) is 6.58. The monoisotopic (exact) mass is 359 g/mol. The molecule has 0 aliphatic carbocycles. The molecule has 4 nitrogen and oxygen atoms in total. The molecule has 2 aromatic rings. The predicted octanol–water partition coefficient (Wildman–Crippen LogP) is 3.25. The fourth-order valence-electron chi connectivity index (χ4n) is 2.03. The summed E-state index contributed by atoms with van der Waals surface area (Å²) in [6.07, 6.45) is 0.603. The van der Waals surface area contributed by atoms with Crippen molar-refractivity contribution in [3.8, 4) is 0 Å². The topological polar surface area (TPSA) is 50.9 Å². The lowest BCUT2D eigenvalue weighted by molar-refractivity contribution is 0.172. The lowest BCUT2D eigenvalue weighted by Crippen LogP contribution is -2.14. The summed E-state index contributed by atoms with van der Waals surface area (Å²) < 4.78 is 28.3. The highest BCUT2D eigenvalue weighted by Crippen LogP contribution is 2.29. The molecule has 0 radical (unpaired) electrons. The summed E-state index contributed by atoms with van der Waals surface area (Å²) in [5.74, 6) is -0.971. The largest absolute Gasteiger partial charge is 0.388 e. The van der Waals surface area contributed by atoms with Crippen molar-refractivity contribution in [2.45, 2.75) is 32.9 Å². The van der Waals surface area contributed by atoms with Crippen LogP contribution in [0.2, 0.25) is 0 Å². The van der Waals surface area contributed by atoms with Crippen LogP contribution < -0.4 is 0 Å². The molecule has 1 heterocycles. The van der Waals surface area contributed by atoms with Crippen molar-refractivity contribution in [1.82, 2.24) is 14.8 Å². The van der Waals surface area contributed by atoms with E-state index < -0.39 is 17.7 Å². The summed E-state index contributed by atoms with van der Waals surface area (Å²) in [7, 11) is 0. The van der Waals surface area contributed by atoms with Gasteiger partial charge >= 0.3 is 0 Å². The van der Waals surface area contributed by atoms with Crippen molar-refractivity contribution in [2.75, 3.05) is 0 Å². The van der Waals surface area contributed by atoms with Crippen LogP contribution in [0.5, 0.6) is 0 Å². The molecule has 0 aliphatic rings. The van der Waals surface area contributed by atoms with E-state index in [1.165, 1.54) is 12.4 Å². The minimum atomic E-state index is -1.00. The molecular formula is C14H16BrF2N3O. The molecule has 114 valence electrons. The van der Waals surface area contributed by atoms with Gasteiger partial charge in [-0.3, -0.25) is 0 Å². The Bertz CT molecular complexity index is 631. The van der Waals surface area contributed by atoms with Crippen LogP contribution in [0.1, 0.15) is 31.3 Å². The maximum Gasteiger partial charge on any atom is 0.173 e. The van der Waals surface area contributed by atoms with Gasteiger partial charge < -0.3 is 5.11 Å². The maximum absolute atomic E-state index is 13.5. The van der Waals surface area contributed by atoms with Gasteiger partial charge in [0.15, 0.2) is 11.6 Å². The number of halogens is 3. The third-order valence-electron chi connectivity index (χ3n) is 3.03. The lowest BCUT2D eigenvalue weighted by atomic mass is 10.1. The molecule has 0 saturated heterocycles. The van der Waals surface area contributed by atoms with Gasteiger partial charge in [0.2, 0.25) is 0 Å². The summed E-state index contributed by atoms with van der Waals surface area (Å²) >= 11 is 2.98. The van der Waals surface area contributed by atoms with E-state index in [1.54, 1.807) is 4.68 Å². The number of hydrogen-bond donors (Lipinski definition) is 1. The van der Waals surface area contributed by atoms with Crippen LogP contribution in [0.25, 0.3) is 0 Å². The second-order valence-electron chi connectivity index (χ2n) is 5.24. The minimum absolute atomic E-state index is 0.0649. The highest BCUT2D eigenvalue weighted by atomic mass is 79.9. The van der Waals surface area contributed by atoms with Gasteiger partial charge in [-0.1, -0.05) is 19.9 Å². The summed E-state index contributed by atoms with van der Waals surface area (Å²) in [6, 6.07) is 2.35. The number of nitrogens with zero attached hydrogens (tertiary/aromatic N) is 3. The Morgan fingerprint density at radius 3 is 2.71 bits per heavy atom. The van der Waals surface area contributed by atoms with Crippen LogP contribution in [-0.2, 0) is 13.0 Å². The smallest absolute Gasteiger partial charge is 0.173 e. The fraction of sp³-hybridized carbons (Fsp3) is 0.429. The molecule has 1 aromatic carbocycles. The molecule has 0 spiro atoms. The van der Waals surface area contributed by atoms with Gasteiger partial charge in [0.1, 0.15) is 12.2 Å². The maximum atomic E-state index is 13.5.